The van der Waals surface area contributed by atoms with E-state index >= 15 is 0 Å². The number of anilines is 2. The van der Waals surface area contributed by atoms with Crippen LogP contribution < -0.4 is 11.1 Å². The van der Waals surface area contributed by atoms with Crippen LogP contribution in [0.2, 0.25) is 0 Å². The lowest BCUT2D eigenvalue weighted by Crippen LogP contribution is -2.36. The molecule has 1 atom stereocenters. The van der Waals surface area contributed by atoms with Crippen LogP contribution in [-0.4, -0.2) is 47.4 Å². The van der Waals surface area contributed by atoms with E-state index in [0.29, 0.717) is 18.0 Å². The summed E-state index contributed by atoms with van der Waals surface area (Å²) in [7, 11) is 1.57. The van der Waals surface area contributed by atoms with Crippen LogP contribution in [-0.2, 0) is 28.6 Å². The van der Waals surface area contributed by atoms with Crippen molar-refractivity contribution in [2.24, 2.45) is 5.73 Å². The Labute approximate surface area is 232 Å². The highest BCUT2D eigenvalue weighted by molar-refractivity contribution is 6.64. The molecule has 209 valence electrons. The molecule has 0 aliphatic carbocycles. The zero-order valence-corrected chi connectivity index (χ0v) is 22.3. The summed E-state index contributed by atoms with van der Waals surface area (Å²) in [5.41, 5.74) is 7.89. The van der Waals surface area contributed by atoms with Crippen LogP contribution in [0.3, 0.4) is 0 Å². The van der Waals surface area contributed by atoms with Gasteiger partial charge < -0.3 is 20.7 Å². The molecule has 11 heteroatoms. The molecule has 0 spiro atoms. The van der Waals surface area contributed by atoms with Crippen LogP contribution in [0, 0.1) is 0 Å². The van der Waals surface area contributed by atoms with E-state index in [1.807, 2.05) is 36.0 Å². The molecule has 1 aliphatic rings. The minimum absolute atomic E-state index is 0.0113. The molecule has 1 radical (unpaired) electrons. The Balaban J connectivity index is 1.49. The summed E-state index contributed by atoms with van der Waals surface area (Å²) in [6, 6.07) is 14.9. The Kier molecular flexibility index (Phi) is 9.57. The Bertz CT molecular complexity index is 1310. The van der Waals surface area contributed by atoms with Crippen LogP contribution in [0.4, 0.5) is 24.8 Å². The molecule has 1 aliphatic heterocycles. The highest BCUT2D eigenvalue weighted by Crippen LogP contribution is 2.33. The number of nitrogens with zero attached hydrogens (tertiary/aromatic N) is 3. The predicted molar refractivity (Wildman–Crippen MR) is 149 cm³/mol. The van der Waals surface area contributed by atoms with Crippen molar-refractivity contribution in [2.75, 3.05) is 18.4 Å². The van der Waals surface area contributed by atoms with Crippen molar-refractivity contribution >= 4 is 31.1 Å². The normalized spacial score (nSPS) is 15.4. The molecular formula is C29H32BF3N5O2. The van der Waals surface area contributed by atoms with Gasteiger partial charge >= 0.3 is 6.18 Å². The van der Waals surface area contributed by atoms with Crippen LogP contribution >= 0.6 is 0 Å². The fraction of sp³-hybridized carbons (Fsp3) is 0.379. The van der Waals surface area contributed by atoms with Crippen molar-refractivity contribution in [1.29, 1.82) is 0 Å². The van der Waals surface area contributed by atoms with Gasteiger partial charge in [-0.05, 0) is 79.9 Å². The average molecular weight is 550 g/mol. The first-order chi connectivity index (χ1) is 19.2. The first-order valence-electron chi connectivity index (χ1n) is 13.4. The average Bonchev–Trinajstić information content (AvgIpc) is 2.93. The number of aromatic nitrogens is 2. The lowest BCUT2D eigenvalue weighted by Gasteiger charge is -2.30. The van der Waals surface area contributed by atoms with Crippen LogP contribution in [0.1, 0.15) is 66.0 Å². The number of hydrogen-bond acceptors (Lipinski definition) is 6. The molecule has 3 N–H and O–H groups in total. The van der Waals surface area contributed by atoms with Gasteiger partial charge in [-0.3, -0.25) is 4.79 Å². The summed E-state index contributed by atoms with van der Waals surface area (Å²) in [6.45, 7) is 3.48. The molecule has 0 saturated carbocycles. The third-order valence-electron chi connectivity index (χ3n) is 7.43. The van der Waals surface area contributed by atoms with E-state index in [9.17, 15) is 22.8 Å². The number of piperidine rings is 1. The molecule has 40 heavy (non-hydrogen) atoms. The van der Waals surface area contributed by atoms with Gasteiger partial charge in [-0.25, -0.2) is 9.97 Å². The first kappa shape index (κ1) is 29.3. The van der Waals surface area contributed by atoms with Crippen molar-refractivity contribution in [2.45, 2.75) is 57.0 Å². The van der Waals surface area contributed by atoms with Crippen molar-refractivity contribution in [1.82, 2.24) is 14.8 Å². The number of nitrogens with one attached hydrogen (secondary N) is 1. The molecule has 4 rings (SSSR count). The quantitative estimate of drug-likeness (QED) is 0.258. The summed E-state index contributed by atoms with van der Waals surface area (Å²) in [5, 5.41) is 3.03. The molecule has 3 aromatic rings. The number of carbonyl (C=O) groups is 2. The highest BCUT2D eigenvalue weighted by Gasteiger charge is 2.35. The maximum atomic E-state index is 13.8. The standard InChI is InChI=1S/C29H32BF3N5O2/c1-2-23(27(34)40)24-6-4-3-5-21(24)9-12-26-25(29(31,32)33)17-35-28(37-26)36-22-10-7-19(8-11-22)20-13-15-38(16-14-20)30-18-39/h3-8,10-11,17-18,20,23H,2,9,12-16H2,1H3,(H2,34,40)(H,35,36,37). The van der Waals surface area contributed by atoms with Gasteiger partial charge in [0, 0.05) is 11.9 Å². The van der Waals surface area contributed by atoms with E-state index < -0.39 is 23.6 Å². The Morgan fingerprint density at radius 1 is 1.15 bits per heavy atom. The fourth-order valence-corrected chi connectivity index (χ4v) is 5.27. The third-order valence-corrected chi connectivity index (χ3v) is 7.43. The number of primary amides is 1. The largest absolute Gasteiger partial charge is 0.419 e. The molecule has 1 unspecified atom stereocenters. The van der Waals surface area contributed by atoms with Crippen molar-refractivity contribution < 1.29 is 22.8 Å². The number of hydrogen-bond donors (Lipinski definition) is 2. The maximum absolute atomic E-state index is 13.8. The summed E-state index contributed by atoms with van der Waals surface area (Å²) in [5.74, 6) is -0.521. The van der Waals surface area contributed by atoms with Crippen molar-refractivity contribution in [3.63, 3.8) is 0 Å². The van der Waals surface area contributed by atoms with Gasteiger partial charge in [0.25, 0.3) is 7.41 Å². The zero-order chi connectivity index (χ0) is 28.7. The van der Waals surface area contributed by atoms with Gasteiger partial charge in [0.05, 0.1) is 23.4 Å². The van der Waals surface area contributed by atoms with Gasteiger partial charge in [0.1, 0.15) is 0 Å². The number of amides is 1. The number of nitrogens with two attached hydrogens (primary N) is 1. The number of alkyl halides is 3. The van der Waals surface area contributed by atoms with E-state index in [4.69, 9.17) is 5.73 Å². The third kappa shape index (κ3) is 7.27. The number of benzene rings is 2. The smallest absolute Gasteiger partial charge is 0.369 e. The van der Waals surface area contributed by atoms with Crippen LogP contribution in [0.25, 0.3) is 0 Å². The van der Waals surface area contributed by atoms with E-state index in [1.54, 1.807) is 31.7 Å². The summed E-state index contributed by atoms with van der Waals surface area (Å²) in [4.78, 5) is 32.8. The highest BCUT2D eigenvalue weighted by atomic mass is 19.4. The molecule has 1 amide bonds. The van der Waals surface area contributed by atoms with Gasteiger partial charge in [0.15, 0.2) is 0 Å². The second kappa shape index (κ2) is 13.1. The maximum Gasteiger partial charge on any atom is 0.419 e. The monoisotopic (exact) mass is 550 g/mol. The van der Waals surface area contributed by atoms with Gasteiger partial charge in [-0.2, -0.15) is 13.2 Å². The van der Waals surface area contributed by atoms with Crippen molar-refractivity contribution in [3.05, 3.63) is 82.7 Å². The van der Waals surface area contributed by atoms with Crippen LogP contribution in [0.5, 0.6) is 0 Å². The summed E-state index contributed by atoms with van der Waals surface area (Å²) in [6.07, 6.45) is -0.345. The molecule has 0 bridgehead atoms. The second-order valence-electron chi connectivity index (χ2n) is 9.96. The fourth-order valence-electron chi connectivity index (χ4n) is 5.27. The van der Waals surface area contributed by atoms with Crippen molar-refractivity contribution in [3.8, 4) is 0 Å². The lowest BCUT2D eigenvalue weighted by atomic mass is 9.84. The molecule has 1 saturated heterocycles. The number of rotatable bonds is 11. The number of halogens is 3. The van der Waals surface area contributed by atoms with Gasteiger partial charge in [-0.15, -0.1) is 0 Å². The topological polar surface area (TPSA) is 101 Å². The molecular weight excluding hydrogens is 518 g/mol. The van der Waals surface area contributed by atoms with Gasteiger partial charge in [-0.1, -0.05) is 43.3 Å². The van der Waals surface area contributed by atoms with Gasteiger partial charge in [0.2, 0.25) is 11.9 Å². The molecule has 7 nitrogen and oxygen atoms in total. The molecule has 1 fully saturated rings. The van der Waals surface area contributed by atoms with E-state index in [-0.39, 0.29) is 24.5 Å². The minimum Gasteiger partial charge on any atom is -0.369 e. The van der Waals surface area contributed by atoms with E-state index in [1.165, 1.54) is 5.56 Å². The Hall–Kier alpha value is -3.73. The minimum atomic E-state index is -4.60. The number of aryl methyl sites for hydroxylation is 2. The van der Waals surface area contributed by atoms with E-state index in [0.717, 1.165) is 49.4 Å². The Morgan fingerprint density at radius 2 is 1.85 bits per heavy atom. The summed E-state index contributed by atoms with van der Waals surface area (Å²) < 4.78 is 41.4. The first-order valence-corrected chi connectivity index (χ1v) is 13.4. The predicted octanol–water partition coefficient (Wildman–Crippen LogP) is 4.99. The molecule has 2 heterocycles. The zero-order valence-electron chi connectivity index (χ0n) is 22.3. The van der Waals surface area contributed by atoms with E-state index in [2.05, 4.69) is 15.3 Å². The lowest BCUT2D eigenvalue weighted by molar-refractivity contribution is -0.138. The number of carbonyl (C=O) groups excluding carboxylic acids is 2. The second-order valence-corrected chi connectivity index (χ2v) is 9.96. The molecule has 1 aromatic heterocycles. The molecule has 2 aromatic carbocycles. The summed E-state index contributed by atoms with van der Waals surface area (Å²) >= 11 is 0. The van der Waals surface area contributed by atoms with Crippen LogP contribution in [0.15, 0.2) is 54.7 Å². The SMILES string of the molecule is CCC(C(N)=O)c1ccccc1CCc1nc(Nc2ccc(C3CCN([B]C=O)CC3)cc2)ncc1C(F)(F)F. The Morgan fingerprint density at radius 3 is 2.48 bits per heavy atom.